The van der Waals surface area contributed by atoms with E-state index < -0.39 is 6.04 Å². The van der Waals surface area contributed by atoms with Gasteiger partial charge in [-0.05, 0) is 6.92 Å². The van der Waals surface area contributed by atoms with E-state index in [-0.39, 0.29) is 18.1 Å². The van der Waals surface area contributed by atoms with Crippen LogP contribution in [0.4, 0.5) is 0 Å². The van der Waals surface area contributed by atoms with Gasteiger partial charge in [0.2, 0.25) is 5.91 Å². The van der Waals surface area contributed by atoms with Gasteiger partial charge in [0.05, 0.1) is 0 Å². The molecule has 0 aliphatic heterocycles. The van der Waals surface area contributed by atoms with Gasteiger partial charge in [0.25, 0.3) is 0 Å². The molecule has 68 valence electrons. The van der Waals surface area contributed by atoms with Crippen LogP contribution in [0.2, 0.25) is 0 Å². The first-order valence-corrected chi connectivity index (χ1v) is 3.57. The lowest BCUT2D eigenvalue weighted by atomic mass is 10.2. The minimum absolute atomic E-state index is 0.00299. The standard InChI is InChI=1S/C7H13N3O2/c1-5(11)3-7(8)4-9-10-6(2)12/h4,7H,3,8H2,1-2H3,(H,10,12)/b9-4-. The van der Waals surface area contributed by atoms with Crippen LogP contribution in [0, 0.1) is 0 Å². The Morgan fingerprint density at radius 1 is 1.58 bits per heavy atom. The van der Waals surface area contributed by atoms with Crippen LogP contribution in [0.5, 0.6) is 0 Å². The number of carbonyl (C=O) groups is 2. The summed E-state index contributed by atoms with van der Waals surface area (Å²) < 4.78 is 0. The Hall–Kier alpha value is -1.23. The number of nitrogens with one attached hydrogen (secondary N) is 1. The second kappa shape index (κ2) is 5.42. The molecule has 0 fully saturated rings. The molecular formula is C7H13N3O2. The first kappa shape index (κ1) is 10.8. The van der Waals surface area contributed by atoms with Crippen LogP contribution in [-0.2, 0) is 9.59 Å². The van der Waals surface area contributed by atoms with Crippen LogP contribution >= 0.6 is 0 Å². The Morgan fingerprint density at radius 3 is 2.58 bits per heavy atom. The van der Waals surface area contributed by atoms with Crippen LogP contribution in [0.3, 0.4) is 0 Å². The average molecular weight is 171 g/mol. The summed E-state index contributed by atoms with van der Waals surface area (Å²) in [5, 5.41) is 3.52. The molecule has 12 heavy (non-hydrogen) atoms. The van der Waals surface area contributed by atoms with Gasteiger partial charge in [-0.25, -0.2) is 5.43 Å². The highest BCUT2D eigenvalue weighted by Crippen LogP contribution is 1.85. The lowest BCUT2D eigenvalue weighted by Crippen LogP contribution is -2.26. The first-order valence-electron chi connectivity index (χ1n) is 3.57. The second-order valence-corrected chi connectivity index (χ2v) is 2.52. The number of hydrazone groups is 1. The SMILES string of the molecule is CC(=O)CC(N)/C=N\NC(C)=O. The van der Waals surface area contributed by atoms with Gasteiger partial charge in [-0.15, -0.1) is 0 Å². The first-order chi connectivity index (χ1) is 5.52. The van der Waals surface area contributed by atoms with Gasteiger partial charge < -0.3 is 5.73 Å². The molecule has 1 atom stereocenters. The van der Waals surface area contributed by atoms with Crippen molar-refractivity contribution in [2.75, 3.05) is 0 Å². The van der Waals surface area contributed by atoms with Gasteiger partial charge in [0, 0.05) is 25.6 Å². The number of carbonyl (C=O) groups excluding carboxylic acids is 2. The predicted octanol–water partition coefficient (Wildman–Crippen LogP) is -0.585. The third-order valence-electron chi connectivity index (χ3n) is 1.01. The van der Waals surface area contributed by atoms with E-state index >= 15 is 0 Å². The number of nitrogens with two attached hydrogens (primary N) is 1. The monoisotopic (exact) mass is 171 g/mol. The lowest BCUT2D eigenvalue weighted by Gasteiger charge is -2.00. The third kappa shape index (κ3) is 6.88. The fourth-order valence-corrected chi connectivity index (χ4v) is 0.609. The zero-order valence-electron chi connectivity index (χ0n) is 7.20. The van der Waals surface area contributed by atoms with Crippen molar-refractivity contribution in [2.45, 2.75) is 26.3 Å². The highest BCUT2D eigenvalue weighted by molar-refractivity contribution is 5.81. The van der Waals surface area contributed by atoms with Crippen molar-refractivity contribution in [3.05, 3.63) is 0 Å². The summed E-state index contributed by atoms with van der Waals surface area (Å²) in [5.74, 6) is -0.266. The second-order valence-electron chi connectivity index (χ2n) is 2.52. The molecule has 0 spiro atoms. The van der Waals surface area contributed by atoms with E-state index in [0.29, 0.717) is 0 Å². The maximum Gasteiger partial charge on any atom is 0.236 e. The van der Waals surface area contributed by atoms with Crippen molar-refractivity contribution in [3.63, 3.8) is 0 Å². The van der Waals surface area contributed by atoms with E-state index in [1.165, 1.54) is 20.1 Å². The zero-order chi connectivity index (χ0) is 9.56. The van der Waals surface area contributed by atoms with Gasteiger partial charge in [-0.2, -0.15) is 5.10 Å². The van der Waals surface area contributed by atoms with E-state index in [0.717, 1.165) is 0 Å². The van der Waals surface area contributed by atoms with Gasteiger partial charge in [-0.1, -0.05) is 0 Å². The third-order valence-corrected chi connectivity index (χ3v) is 1.01. The van der Waals surface area contributed by atoms with Gasteiger partial charge in [0.1, 0.15) is 5.78 Å². The molecule has 0 bridgehead atoms. The van der Waals surface area contributed by atoms with Crippen LogP contribution < -0.4 is 11.2 Å². The van der Waals surface area contributed by atoms with E-state index in [1.54, 1.807) is 0 Å². The van der Waals surface area contributed by atoms with Gasteiger partial charge in [-0.3, -0.25) is 9.59 Å². The number of ketones is 1. The molecule has 0 aliphatic carbocycles. The Bertz CT molecular complexity index is 201. The largest absolute Gasteiger partial charge is 0.323 e. The molecule has 0 saturated heterocycles. The molecule has 5 nitrogen and oxygen atoms in total. The van der Waals surface area contributed by atoms with Gasteiger partial charge in [0.15, 0.2) is 0 Å². The van der Waals surface area contributed by atoms with Crippen molar-refractivity contribution in [2.24, 2.45) is 10.8 Å². The summed E-state index contributed by atoms with van der Waals surface area (Å²) in [6.07, 6.45) is 1.58. The molecule has 0 aromatic rings. The number of amides is 1. The summed E-state index contributed by atoms with van der Waals surface area (Å²) >= 11 is 0. The Kier molecular flexibility index (Phi) is 4.87. The summed E-state index contributed by atoms with van der Waals surface area (Å²) in [6, 6.07) is -0.422. The molecule has 0 rings (SSSR count). The minimum Gasteiger partial charge on any atom is -0.323 e. The Morgan fingerprint density at radius 2 is 2.17 bits per heavy atom. The van der Waals surface area contributed by atoms with Crippen molar-refractivity contribution in [1.29, 1.82) is 0 Å². The zero-order valence-corrected chi connectivity index (χ0v) is 7.20. The maximum atomic E-state index is 10.5. The van der Waals surface area contributed by atoms with Crippen LogP contribution in [-0.4, -0.2) is 23.9 Å². The summed E-state index contributed by atoms with van der Waals surface area (Å²) in [7, 11) is 0. The highest BCUT2D eigenvalue weighted by Gasteiger charge is 2.01. The maximum absolute atomic E-state index is 10.5. The van der Waals surface area contributed by atoms with Crippen molar-refractivity contribution >= 4 is 17.9 Å². The van der Waals surface area contributed by atoms with Crippen molar-refractivity contribution < 1.29 is 9.59 Å². The molecule has 0 aromatic carbocycles. The normalized spacial score (nSPS) is 12.9. The number of hydrogen-bond donors (Lipinski definition) is 2. The molecule has 0 heterocycles. The van der Waals surface area contributed by atoms with Crippen molar-refractivity contribution in [3.8, 4) is 0 Å². The average Bonchev–Trinajstić information content (AvgIpc) is 1.84. The quantitative estimate of drug-likeness (QED) is 0.438. The van der Waals surface area contributed by atoms with E-state index in [4.69, 9.17) is 5.73 Å². The summed E-state index contributed by atoms with van der Waals surface area (Å²) in [5.41, 5.74) is 7.63. The summed E-state index contributed by atoms with van der Waals surface area (Å²) in [6.45, 7) is 2.79. The van der Waals surface area contributed by atoms with E-state index in [9.17, 15) is 9.59 Å². The van der Waals surface area contributed by atoms with Crippen molar-refractivity contribution in [1.82, 2.24) is 5.43 Å². The fraction of sp³-hybridized carbons (Fsp3) is 0.571. The molecule has 0 radical (unpaired) electrons. The number of rotatable bonds is 4. The van der Waals surface area contributed by atoms with Crippen LogP contribution in [0.15, 0.2) is 5.10 Å². The molecule has 1 amide bonds. The smallest absolute Gasteiger partial charge is 0.236 e. The molecular weight excluding hydrogens is 158 g/mol. The van der Waals surface area contributed by atoms with E-state index in [1.807, 2.05) is 0 Å². The molecule has 5 heteroatoms. The van der Waals surface area contributed by atoms with Crippen LogP contribution in [0.25, 0.3) is 0 Å². The fourth-order valence-electron chi connectivity index (χ4n) is 0.609. The molecule has 0 saturated carbocycles. The minimum atomic E-state index is -0.422. The number of Topliss-reactive ketones (excluding diaryl/α,β-unsaturated/α-hetero) is 1. The molecule has 0 aliphatic rings. The highest BCUT2D eigenvalue weighted by atomic mass is 16.2. The molecule has 1 unspecified atom stereocenters. The Balaban J connectivity index is 3.67. The topological polar surface area (TPSA) is 84.6 Å². The Labute approximate surface area is 71.0 Å². The van der Waals surface area contributed by atoms with Gasteiger partial charge >= 0.3 is 0 Å². The number of hydrogen-bond acceptors (Lipinski definition) is 4. The lowest BCUT2D eigenvalue weighted by molar-refractivity contribution is -0.119. The van der Waals surface area contributed by atoms with Crippen LogP contribution in [0.1, 0.15) is 20.3 Å². The summed E-state index contributed by atoms with van der Waals surface area (Å²) in [4.78, 5) is 20.8. The number of nitrogens with zero attached hydrogens (tertiary/aromatic N) is 1. The molecule has 0 aromatic heterocycles. The predicted molar refractivity (Wildman–Crippen MR) is 45.6 cm³/mol. The molecule has 3 N–H and O–H groups in total. The van der Waals surface area contributed by atoms with E-state index in [2.05, 4.69) is 10.5 Å².